The van der Waals surface area contributed by atoms with E-state index >= 15 is 0 Å². The van der Waals surface area contributed by atoms with Crippen LogP contribution < -0.4 is 4.74 Å². The molecule has 1 heterocycles. The smallest absolute Gasteiger partial charge is 0.291 e. The second-order valence-electron chi connectivity index (χ2n) is 3.18. The molecule has 0 fully saturated rings. The van der Waals surface area contributed by atoms with Crippen molar-refractivity contribution in [3.8, 4) is 5.88 Å². The molecule has 0 aliphatic heterocycles. The number of methoxy groups -OCH3 is 1. The van der Waals surface area contributed by atoms with E-state index in [0.717, 1.165) is 12.8 Å². The van der Waals surface area contributed by atoms with E-state index < -0.39 is 4.92 Å². The number of hydrogen-bond acceptors (Lipinski definition) is 4. The van der Waals surface area contributed by atoms with Crippen molar-refractivity contribution in [2.24, 2.45) is 0 Å². The molecule has 0 amide bonds. The van der Waals surface area contributed by atoms with Crippen molar-refractivity contribution in [3.63, 3.8) is 0 Å². The third kappa shape index (κ3) is 2.90. The molecule has 0 saturated heterocycles. The summed E-state index contributed by atoms with van der Waals surface area (Å²) in [7, 11) is 1.50. The summed E-state index contributed by atoms with van der Waals surface area (Å²) >= 11 is 0. The normalized spacial score (nSPS) is 10.0. The molecule has 0 bridgehead atoms. The zero-order valence-electron chi connectivity index (χ0n) is 8.90. The summed E-state index contributed by atoms with van der Waals surface area (Å²) < 4.78 is 4.94. The van der Waals surface area contributed by atoms with Gasteiger partial charge >= 0.3 is 0 Å². The van der Waals surface area contributed by atoms with Crippen LogP contribution in [0.4, 0.5) is 5.69 Å². The first-order valence-electron chi connectivity index (χ1n) is 4.87. The van der Waals surface area contributed by atoms with Gasteiger partial charge < -0.3 is 4.74 Å². The lowest BCUT2D eigenvalue weighted by molar-refractivity contribution is -0.386. The molecule has 0 aromatic carbocycles. The van der Waals surface area contributed by atoms with Gasteiger partial charge in [0.25, 0.3) is 5.69 Å². The Bertz CT molecular complexity index is 353. The fourth-order valence-electron chi connectivity index (χ4n) is 1.28. The minimum Gasteiger partial charge on any atom is -0.481 e. The molecule has 0 spiro atoms. The van der Waals surface area contributed by atoms with Crippen LogP contribution in [-0.4, -0.2) is 17.0 Å². The van der Waals surface area contributed by atoms with E-state index in [4.69, 9.17) is 4.74 Å². The molecule has 0 atom stereocenters. The highest BCUT2D eigenvalue weighted by Crippen LogP contribution is 2.21. The number of nitro groups is 1. The molecular formula is C10H14N2O3. The number of unbranched alkanes of at least 4 members (excludes halogenated alkanes) is 1. The summed E-state index contributed by atoms with van der Waals surface area (Å²) in [6, 6.07) is 2.95. The molecule has 5 nitrogen and oxygen atoms in total. The maximum absolute atomic E-state index is 10.7. The first-order chi connectivity index (χ1) is 7.19. The third-order valence-corrected chi connectivity index (χ3v) is 2.10. The van der Waals surface area contributed by atoms with Gasteiger partial charge in [-0.1, -0.05) is 13.3 Å². The average molecular weight is 210 g/mol. The summed E-state index contributed by atoms with van der Waals surface area (Å²) in [5.41, 5.74) is 0.574. The van der Waals surface area contributed by atoms with Gasteiger partial charge in [-0.25, -0.2) is 4.98 Å². The lowest BCUT2D eigenvalue weighted by Gasteiger charge is -2.03. The van der Waals surface area contributed by atoms with Crippen LogP contribution >= 0.6 is 0 Å². The maximum atomic E-state index is 10.7. The monoisotopic (exact) mass is 210 g/mol. The van der Waals surface area contributed by atoms with Crippen LogP contribution in [0.5, 0.6) is 5.88 Å². The lowest BCUT2D eigenvalue weighted by Crippen LogP contribution is -2.00. The number of nitrogens with zero attached hydrogens (tertiary/aromatic N) is 2. The van der Waals surface area contributed by atoms with Crippen LogP contribution in [0, 0.1) is 10.1 Å². The molecule has 0 N–H and O–H groups in total. The minimum atomic E-state index is -0.405. The number of ether oxygens (including phenoxy) is 1. The van der Waals surface area contributed by atoms with E-state index in [1.54, 1.807) is 0 Å². The SMILES string of the molecule is CCCCc1nc(OC)ccc1[N+](=O)[O-]. The Morgan fingerprint density at radius 1 is 1.53 bits per heavy atom. The largest absolute Gasteiger partial charge is 0.481 e. The van der Waals surface area contributed by atoms with Crippen molar-refractivity contribution in [2.45, 2.75) is 26.2 Å². The minimum absolute atomic E-state index is 0.0734. The molecule has 0 saturated carbocycles. The summed E-state index contributed by atoms with van der Waals surface area (Å²) in [6.07, 6.45) is 2.49. The van der Waals surface area contributed by atoms with Crippen molar-refractivity contribution in [1.29, 1.82) is 0 Å². The average Bonchev–Trinajstić information content (AvgIpc) is 2.25. The van der Waals surface area contributed by atoms with Gasteiger partial charge in [-0.3, -0.25) is 10.1 Å². The number of rotatable bonds is 5. The molecule has 1 aromatic heterocycles. The molecular weight excluding hydrogens is 196 g/mol. The lowest BCUT2D eigenvalue weighted by atomic mass is 10.1. The van der Waals surface area contributed by atoms with E-state index in [9.17, 15) is 10.1 Å². The summed E-state index contributed by atoms with van der Waals surface area (Å²) in [5, 5.41) is 10.7. The van der Waals surface area contributed by atoms with Crippen LogP contribution in [-0.2, 0) is 6.42 Å². The fourth-order valence-corrected chi connectivity index (χ4v) is 1.28. The standard InChI is InChI=1S/C10H14N2O3/c1-3-4-5-8-9(12(13)14)6-7-10(11-8)15-2/h6-7H,3-5H2,1-2H3. The first-order valence-corrected chi connectivity index (χ1v) is 4.87. The van der Waals surface area contributed by atoms with Gasteiger partial charge in [0, 0.05) is 12.1 Å². The maximum Gasteiger partial charge on any atom is 0.291 e. The van der Waals surface area contributed by atoms with Crippen molar-refractivity contribution in [3.05, 3.63) is 27.9 Å². The number of pyridine rings is 1. The van der Waals surface area contributed by atoms with E-state index in [-0.39, 0.29) is 5.69 Å². The number of aryl methyl sites for hydroxylation is 1. The molecule has 0 aliphatic carbocycles. The van der Waals surface area contributed by atoms with Crippen LogP contribution in [0.25, 0.3) is 0 Å². The molecule has 0 radical (unpaired) electrons. The Morgan fingerprint density at radius 2 is 2.27 bits per heavy atom. The topological polar surface area (TPSA) is 65.3 Å². The Labute approximate surface area is 88.2 Å². The van der Waals surface area contributed by atoms with E-state index in [1.807, 2.05) is 6.92 Å². The Morgan fingerprint density at radius 3 is 2.80 bits per heavy atom. The predicted octanol–water partition coefficient (Wildman–Crippen LogP) is 2.34. The zero-order valence-corrected chi connectivity index (χ0v) is 8.90. The molecule has 15 heavy (non-hydrogen) atoms. The Hall–Kier alpha value is -1.65. The van der Waals surface area contributed by atoms with Crippen LogP contribution in [0.2, 0.25) is 0 Å². The highest BCUT2D eigenvalue weighted by molar-refractivity contribution is 5.37. The van der Waals surface area contributed by atoms with Gasteiger partial charge in [-0.05, 0) is 12.8 Å². The molecule has 1 aromatic rings. The van der Waals surface area contributed by atoms with Crippen LogP contribution in [0.1, 0.15) is 25.5 Å². The van der Waals surface area contributed by atoms with Gasteiger partial charge in [0.2, 0.25) is 5.88 Å². The highest BCUT2D eigenvalue weighted by Gasteiger charge is 2.15. The first kappa shape index (κ1) is 11.4. The molecule has 5 heteroatoms. The second kappa shape index (κ2) is 5.29. The van der Waals surface area contributed by atoms with Gasteiger partial charge in [-0.15, -0.1) is 0 Å². The zero-order chi connectivity index (χ0) is 11.3. The Kier molecular flexibility index (Phi) is 4.03. The highest BCUT2D eigenvalue weighted by atomic mass is 16.6. The van der Waals surface area contributed by atoms with Gasteiger partial charge in [0.1, 0.15) is 5.69 Å². The van der Waals surface area contributed by atoms with E-state index in [2.05, 4.69) is 4.98 Å². The number of aromatic nitrogens is 1. The molecule has 82 valence electrons. The second-order valence-corrected chi connectivity index (χ2v) is 3.18. The van der Waals surface area contributed by atoms with Crippen LogP contribution in [0.3, 0.4) is 0 Å². The molecule has 0 aliphatic rings. The van der Waals surface area contributed by atoms with Crippen LogP contribution in [0.15, 0.2) is 12.1 Å². The predicted molar refractivity (Wildman–Crippen MR) is 56.1 cm³/mol. The van der Waals surface area contributed by atoms with Crippen molar-refractivity contribution in [1.82, 2.24) is 4.98 Å². The van der Waals surface area contributed by atoms with Gasteiger partial charge in [-0.2, -0.15) is 0 Å². The van der Waals surface area contributed by atoms with Crippen molar-refractivity contribution >= 4 is 5.69 Å². The summed E-state index contributed by atoms with van der Waals surface area (Å²) in [5.74, 6) is 0.423. The third-order valence-electron chi connectivity index (χ3n) is 2.10. The van der Waals surface area contributed by atoms with Crippen molar-refractivity contribution < 1.29 is 9.66 Å². The van der Waals surface area contributed by atoms with Gasteiger partial charge in [0.15, 0.2) is 0 Å². The summed E-state index contributed by atoms with van der Waals surface area (Å²) in [4.78, 5) is 14.4. The quantitative estimate of drug-likeness (QED) is 0.552. The van der Waals surface area contributed by atoms with E-state index in [1.165, 1.54) is 19.2 Å². The molecule has 0 unspecified atom stereocenters. The molecule has 1 rings (SSSR count). The number of hydrogen-bond donors (Lipinski definition) is 0. The van der Waals surface area contributed by atoms with Gasteiger partial charge in [0.05, 0.1) is 12.0 Å². The fraction of sp³-hybridized carbons (Fsp3) is 0.500. The van der Waals surface area contributed by atoms with E-state index in [0.29, 0.717) is 18.0 Å². The summed E-state index contributed by atoms with van der Waals surface area (Å²) in [6.45, 7) is 2.03. The Balaban J connectivity index is 2.99. The van der Waals surface area contributed by atoms with Crippen molar-refractivity contribution in [2.75, 3.05) is 7.11 Å².